The molecule has 0 aromatic heterocycles. The molecule has 5 nitrogen and oxygen atoms in total. The highest BCUT2D eigenvalue weighted by Gasteiger charge is 2.43. The summed E-state index contributed by atoms with van der Waals surface area (Å²) in [5.41, 5.74) is 4.53. The Morgan fingerprint density at radius 2 is 1.55 bits per heavy atom. The number of nitrogens with two attached hydrogens (primary N) is 1. The van der Waals surface area contributed by atoms with Crippen LogP contribution in [0.3, 0.4) is 0 Å². The van der Waals surface area contributed by atoms with E-state index in [0.29, 0.717) is 19.8 Å². The summed E-state index contributed by atoms with van der Waals surface area (Å²) >= 11 is 0. The Balaban J connectivity index is 0. The molecule has 22 heavy (non-hydrogen) atoms. The van der Waals surface area contributed by atoms with E-state index >= 15 is 0 Å². The smallest absolute Gasteiger partial charge is 0.366 e. The van der Waals surface area contributed by atoms with Crippen molar-refractivity contribution in [3.63, 3.8) is 0 Å². The van der Waals surface area contributed by atoms with Gasteiger partial charge in [0.15, 0.2) is 0 Å². The summed E-state index contributed by atoms with van der Waals surface area (Å²) in [6, 6.07) is 0. The van der Waals surface area contributed by atoms with Crippen LogP contribution in [-0.4, -0.2) is 39.4 Å². The van der Waals surface area contributed by atoms with Crippen LogP contribution in [0.25, 0.3) is 0 Å². The van der Waals surface area contributed by atoms with Gasteiger partial charge in [0.1, 0.15) is 0 Å². The first kappa shape index (κ1) is 25.0. The van der Waals surface area contributed by atoms with Gasteiger partial charge in [-0.1, -0.05) is 24.3 Å². The van der Waals surface area contributed by atoms with E-state index in [-0.39, 0.29) is 0 Å². The third-order valence-electron chi connectivity index (χ3n) is 1.66. The molecule has 0 bridgehead atoms. The van der Waals surface area contributed by atoms with Crippen LogP contribution in [0.2, 0.25) is 0 Å². The molecular formula is C12H27NO4S4Si. The number of hydrogen-bond acceptors (Lipinski definition) is 8. The van der Waals surface area contributed by atoms with Crippen molar-refractivity contribution in [2.45, 2.75) is 34.1 Å². The van der Waals surface area contributed by atoms with Crippen molar-refractivity contribution < 1.29 is 18.1 Å². The van der Waals surface area contributed by atoms with Crippen molar-refractivity contribution in [3.8, 4) is 0 Å². The van der Waals surface area contributed by atoms with Crippen LogP contribution in [0.15, 0.2) is 12.7 Å². The number of primary amides is 1. The summed E-state index contributed by atoms with van der Waals surface area (Å²) in [7, 11) is 4.45. The van der Waals surface area contributed by atoms with Gasteiger partial charge in [0, 0.05) is 25.6 Å². The lowest BCUT2D eigenvalue weighted by Gasteiger charge is -2.25. The van der Waals surface area contributed by atoms with Crippen molar-refractivity contribution in [2.75, 3.05) is 25.6 Å². The zero-order valence-electron chi connectivity index (χ0n) is 13.7. The molecule has 1 amide bonds. The second-order valence-corrected chi connectivity index (χ2v) is 13.9. The van der Waals surface area contributed by atoms with Crippen LogP contribution in [-0.2, 0) is 18.1 Å². The molecule has 2 N–H and O–H groups in total. The van der Waals surface area contributed by atoms with Gasteiger partial charge in [0.05, 0.1) is 0 Å². The summed E-state index contributed by atoms with van der Waals surface area (Å²) in [5, 5.41) is 0. The minimum absolute atomic E-state index is 0.481. The molecule has 0 rings (SSSR count). The summed E-state index contributed by atoms with van der Waals surface area (Å²) < 4.78 is 17.2. The van der Waals surface area contributed by atoms with Crippen LogP contribution in [0.4, 0.5) is 0 Å². The first-order valence-electron chi connectivity index (χ1n) is 6.99. The van der Waals surface area contributed by atoms with E-state index in [2.05, 4.69) is 19.2 Å². The summed E-state index contributed by atoms with van der Waals surface area (Å²) in [5.74, 6) is 0.690. The standard InChI is InChI=1S/C9H22O3S4Si.C3H5NO/c1-5-9-13-14-15-16-17(10-6-2,11-7-3)12-8-4;1-2-3(4)5/h5-9H2,1-4H3;2H,1H2,(H2,4,5). The number of carbonyl (C=O) groups is 1. The average molecular weight is 406 g/mol. The fourth-order valence-electron chi connectivity index (χ4n) is 0.920. The van der Waals surface area contributed by atoms with E-state index in [0.717, 1.165) is 6.08 Å². The Morgan fingerprint density at radius 1 is 1.09 bits per heavy atom. The normalized spacial score (nSPS) is 10.7. The minimum atomic E-state index is -2.51. The Morgan fingerprint density at radius 3 is 1.86 bits per heavy atom. The maximum atomic E-state index is 9.47. The molecule has 0 spiro atoms. The average Bonchev–Trinajstić information content (AvgIpc) is 2.48. The molecule has 0 radical (unpaired) electrons. The predicted octanol–water partition coefficient (Wildman–Crippen LogP) is 4.28. The fourth-order valence-corrected chi connectivity index (χ4v) is 15.0. The second kappa shape index (κ2) is 18.1. The summed E-state index contributed by atoms with van der Waals surface area (Å²) in [4.78, 5) is 9.47. The second-order valence-electron chi connectivity index (χ2n) is 3.45. The Hall–Kier alpha value is 0.707. The van der Waals surface area contributed by atoms with E-state index in [9.17, 15) is 4.79 Å². The molecule has 0 aromatic rings. The molecule has 0 aliphatic heterocycles. The van der Waals surface area contributed by atoms with E-state index in [1.165, 1.54) is 12.2 Å². The van der Waals surface area contributed by atoms with Crippen molar-refractivity contribution in [2.24, 2.45) is 5.73 Å². The van der Waals surface area contributed by atoms with Gasteiger partial charge in [0.25, 0.3) is 0 Å². The van der Waals surface area contributed by atoms with Gasteiger partial charge >= 0.3 is 7.95 Å². The topological polar surface area (TPSA) is 70.8 Å². The molecule has 132 valence electrons. The van der Waals surface area contributed by atoms with E-state index in [4.69, 9.17) is 13.3 Å². The van der Waals surface area contributed by atoms with Crippen molar-refractivity contribution in [1.82, 2.24) is 0 Å². The van der Waals surface area contributed by atoms with Gasteiger partial charge in [-0.3, -0.25) is 4.79 Å². The van der Waals surface area contributed by atoms with Crippen LogP contribution in [0.1, 0.15) is 34.1 Å². The third-order valence-corrected chi connectivity index (χ3v) is 14.6. The lowest BCUT2D eigenvalue weighted by molar-refractivity contribution is -0.113. The molecule has 0 aromatic carbocycles. The first-order chi connectivity index (χ1) is 10.5. The fraction of sp³-hybridized carbons (Fsp3) is 0.750. The summed E-state index contributed by atoms with van der Waals surface area (Å²) in [6.45, 7) is 13.1. The van der Waals surface area contributed by atoms with Crippen LogP contribution < -0.4 is 5.73 Å². The molecule has 0 aliphatic rings. The largest absolute Gasteiger partial charge is 0.585 e. The highest BCUT2D eigenvalue weighted by molar-refractivity contribution is 9.28. The van der Waals surface area contributed by atoms with E-state index < -0.39 is 13.9 Å². The van der Waals surface area contributed by atoms with Crippen LogP contribution in [0, 0.1) is 0 Å². The van der Waals surface area contributed by atoms with Gasteiger partial charge in [-0.15, -0.1) is 0 Å². The molecule has 0 atom stereocenters. The Labute approximate surface area is 150 Å². The maximum Gasteiger partial charge on any atom is 0.585 e. The molecule has 0 heterocycles. The van der Waals surface area contributed by atoms with Gasteiger partial charge in [-0.05, 0) is 63.2 Å². The van der Waals surface area contributed by atoms with Crippen molar-refractivity contribution in [1.29, 1.82) is 0 Å². The van der Waals surface area contributed by atoms with Gasteiger partial charge in [-0.2, -0.15) is 0 Å². The van der Waals surface area contributed by atoms with Crippen LogP contribution in [0.5, 0.6) is 0 Å². The molecule has 0 saturated heterocycles. The maximum absolute atomic E-state index is 9.47. The lowest BCUT2D eigenvalue weighted by Crippen LogP contribution is -2.42. The minimum Gasteiger partial charge on any atom is -0.366 e. The highest BCUT2D eigenvalue weighted by Crippen LogP contribution is 2.48. The molecule has 0 fully saturated rings. The zero-order chi connectivity index (χ0) is 17.3. The molecular weight excluding hydrogens is 378 g/mol. The van der Waals surface area contributed by atoms with Gasteiger partial charge in [-0.25, -0.2) is 0 Å². The third kappa shape index (κ3) is 15.6. The highest BCUT2D eigenvalue weighted by atomic mass is 33.7. The lowest BCUT2D eigenvalue weighted by atomic mass is 10.6. The number of rotatable bonds is 13. The number of amides is 1. The molecule has 0 unspecified atom stereocenters. The predicted molar refractivity (Wildman–Crippen MR) is 106 cm³/mol. The van der Waals surface area contributed by atoms with E-state index in [1.54, 1.807) is 29.9 Å². The van der Waals surface area contributed by atoms with E-state index in [1.807, 2.05) is 31.6 Å². The molecule has 0 saturated carbocycles. The number of hydrogen-bond donors (Lipinski definition) is 1. The number of carbonyl (C=O) groups excluding carboxylic acids is 1. The van der Waals surface area contributed by atoms with Gasteiger partial charge in [0.2, 0.25) is 5.91 Å². The Bertz CT molecular complexity index is 271. The van der Waals surface area contributed by atoms with Gasteiger partial charge < -0.3 is 19.0 Å². The monoisotopic (exact) mass is 405 g/mol. The molecule has 10 heteroatoms. The first-order valence-corrected chi connectivity index (χ1v) is 14.4. The summed E-state index contributed by atoms with van der Waals surface area (Å²) in [6.07, 6.45) is 2.26. The SMILES string of the molecule is C=CC(N)=O.CCCSSSS[Si](OCC)(OCC)OCC. The zero-order valence-corrected chi connectivity index (χ0v) is 17.9. The van der Waals surface area contributed by atoms with Crippen molar-refractivity contribution >= 4 is 54.5 Å². The quantitative estimate of drug-likeness (QED) is 0.211. The van der Waals surface area contributed by atoms with Crippen LogP contribution >= 0.6 is 40.7 Å². The molecule has 0 aliphatic carbocycles. The van der Waals surface area contributed by atoms with Crippen molar-refractivity contribution in [3.05, 3.63) is 12.7 Å². The Kier molecular flexibility index (Phi) is 20.5.